The minimum Gasteiger partial charge on any atom is -0.298 e. The number of hydrogen-bond donors (Lipinski definition) is 0. The van der Waals surface area contributed by atoms with Crippen molar-refractivity contribution in [1.82, 2.24) is 9.78 Å². The van der Waals surface area contributed by atoms with Crippen LogP contribution in [0, 0.1) is 11.6 Å². The summed E-state index contributed by atoms with van der Waals surface area (Å²) in [7, 11) is 0. The topological polar surface area (TPSA) is 34.9 Å². The van der Waals surface area contributed by atoms with Gasteiger partial charge < -0.3 is 0 Å². The normalized spacial score (nSPS) is 10.7. The highest BCUT2D eigenvalue weighted by Gasteiger charge is 2.19. The quantitative estimate of drug-likeness (QED) is 0.675. The van der Waals surface area contributed by atoms with E-state index in [-0.39, 0.29) is 16.4 Å². The molecule has 0 aliphatic carbocycles. The zero-order valence-electron chi connectivity index (χ0n) is 11.1. The first-order valence-corrected chi connectivity index (χ1v) is 6.74. The van der Waals surface area contributed by atoms with Gasteiger partial charge in [-0.15, -0.1) is 0 Å². The van der Waals surface area contributed by atoms with Gasteiger partial charge in [-0.1, -0.05) is 41.9 Å². The third-order valence-electron chi connectivity index (χ3n) is 3.18. The maximum absolute atomic E-state index is 13.4. The zero-order chi connectivity index (χ0) is 15.7. The largest absolute Gasteiger partial charge is 0.298 e. The van der Waals surface area contributed by atoms with Gasteiger partial charge in [-0.2, -0.15) is 5.10 Å². The van der Waals surface area contributed by atoms with Crippen molar-refractivity contribution < 1.29 is 13.6 Å². The second-order valence-electron chi connectivity index (χ2n) is 4.55. The van der Waals surface area contributed by atoms with Gasteiger partial charge in [0.15, 0.2) is 17.9 Å². The molecule has 0 radical (unpaired) electrons. The second kappa shape index (κ2) is 5.69. The lowest BCUT2D eigenvalue weighted by molar-refractivity contribution is 0.112. The minimum atomic E-state index is -1.02. The first kappa shape index (κ1) is 14.4. The first-order valence-electron chi connectivity index (χ1n) is 6.36. The van der Waals surface area contributed by atoms with Gasteiger partial charge in [0.1, 0.15) is 10.8 Å². The van der Waals surface area contributed by atoms with Crippen LogP contribution in [0.4, 0.5) is 8.78 Å². The summed E-state index contributed by atoms with van der Waals surface area (Å²) in [6, 6.07) is 12.3. The van der Waals surface area contributed by atoms with Gasteiger partial charge in [-0.3, -0.25) is 4.79 Å². The van der Waals surface area contributed by atoms with Gasteiger partial charge in [-0.25, -0.2) is 13.5 Å². The Morgan fingerprint density at radius 2 is 1.77 bits per heavy atom. The molecule has 0 saturated carbocycles. The Hall–Kier alpha value is -2.53. The standard InChI is InChI=1S/C16H9ClF2N2O/c17-16-12(9-22)15(10-4-2-1-3-5-10)20-21(16)11-6-7-13(18)14(19)8-11/h1-9H. The van der Waals surface area contributed by atoms with Gasteiger partial charge in [0.25, 0.3) is 0 Å². The molecular formula is C16H9ClF2N2O. The maximum atomic E-state index is 13.4. The number of carbonyl (C=O) groups is 1. The van der Waals surface area contributed by atoms with E-state index in [1.807, 2.05) is 6.07 Å². The zero-order valence-corrected chi connectivity index (χ0v) is 11.9. The molecule has 6 heteroatoms. The van der Waals surface area contributed by atoms with E-state index >= 15 is 0 Å². The molecule has 0 atom stereocenters. The third-order valence-corrected chi connectivity index (χ3v) is 3.54. The maximum Gasteiger partial charge on any atom is 0.160 e. The van der Waals surface area contributed by atoms with Crippen LogP contribution >= 0.6 is 11.6 Å². The Morgan fingerprint density at radius 3 is 2.41 bits per heavy atom. The Labute approximate surface area is 129 Å². The summed E-state index contributed by atoms with van der Waals surface area (Å²) >= 11 is 6.16. The van der Waals surface area contributed by atoms with Crippen molar-refractivity contribution in [1.29, 1.82) is 0 Å². The number of nitrogens with zero attached hydrogens (tertiary/aromatic N) is 2. The van der Waals surface area contributed by atoms with Gasteiger partial charge in [0.2, 0.25) is 0 Å². The van der Waals surface area contributed by atoms with Crippen molar-refractivity contribution in [3.63, 3.8) is 0 Å². The summed E-state index contributed by atoms with van der Waals surface area (Å²) in [6.45, 7) is 0. The van der Waals surface area contributed by atoms with Gasteiger partial charge in [0.05, 0.1) is 11.3 Å². The van der Waals surface area contributed by atoms with Crippen LogP contribution in [0.25, 0.3) is 16.9 Å². The monoisotopic (exact) mass is 318 g/mol. The Balaban J connectivity index is 2.20. The van der Waals surface area contributed by atoms with Gasteiger partial charge in [0, 0.05) is 11.6 Å². The molecule has 1 heterocycles. The van der Waals surface area contributed by atoms with Crippen LogP contribution < -0.4 is 0 Å². The van der Waals surface area contributed by atoms with E-state index in [0.717, 1.165) is 12.1 Å². The fraction of sp³-hybridized carbons (Fsp3) is 0. The van der Waals surface area contributed by atoms with Crippen LogP contribution in [0.5, 0.6) is 0 Å². The lowest BCUT2D eigenvalue weighted by Gasteiger charge is -2.03. The predicted octanol–water partition coefficient (Wildman–Crippen LogP) is 4.28. The van der Waals surface area contributed by atoms with Crippen LogP contribution in [-0.2, 0) is 0 Å². The fourth-order valence-corrected chi connectivity index (χ4v) is 2.38. The molecular weight excluding hydrogens is 310 g/mol. The molecule has 0 N–H and O–H groups in total. The number of benzene rings is 2. The van der Waals surface area contributed by atoms with E-state index < -0.39 is 11.6 Å². The highest BCUT2D eigenvalue weighted by molar-refractivity contribution is 6.32. The minimum absolute atomic E-state index is 0.0415. The first-order chi connectivity index (χ1) is 10.6. The molecule has 0 amide bonds. The molecule has 3 rings (SSSR count). The van der Waals surface area contributed by atoms with Crippen molar-refractivity contribution in [2.24, 2.45) is 0 Å². The van der Waals surface area contributed by atoms with E-state index in [1.165, 1.54) is 10.7 Å². The Morgan fingerprint density at radius 1 is 1.05 bits per heavy atom. The molecule has 0 fully saturated rings. The van der Waals surface area contributed by atoms with Crippen molar-refractivity contribution in [2.75, 3.05) is 0 Å². The van der Waals surface area contributed by atoms with Crippen molar-refractivity contribution in [2.45, 2.75) is 0 Å². The second-order valence-corrected chi connectivity index (χ2v) is 4.91. The average molecular weight is 319 g/mol. The summed E-state index contributed by atoms with van der Waals surface area (Å²) in [5.74, 6) is -1.98. The number of rotatable bonds is 3. The molecule has 0 unspecified atom stereocenters. The molecule has 2 aromatic carbocycles. The van der Waals surface area contributed by atoms with Crippen LogP contribution in [0.1, 0.15) is 10.4 Å². The van der Waals surface area contributed by atoms with Crippen LogP contribution in [-0.4, -0.2) is 16.1 Å². The lowest BCUT2D eigenvalue weighted by Crippen LogP contribution is -1.98. The van der Waals surface area contributed by atoms with E-state index in [4.69, 9.17) is 11.6 Å². The van der Waals surface area contributed by atoms with E-state index in [1.54, 1.807) is 24.3 Å². The molecule has 1 aromatic heterocycles. The number of aldehydes is 1. The molecule has 0 spiro atoms. The van der Waals surface area contributed by atoms with Crippen LogP contribution in [0.3, 0.4) is 0 Å². The number of halogens is 3. The molecule has 0 aliphatic rings. The van der Waals surface area contributed by atoms with Crippen molar-refractivity contribution >= 4 is 17.9 Å². The van der Waals surface area contributed by atoms with E-state index in [2.05, 4.69) is 5.10 Å². The summed E-state index contributed by atoms with van der Waals surface area (Å²) in [4.78, 5) is 11.3. The predicted molar refractivity (Wildman–Crippen MR) is 79.3 cm³/mol. The highest BCUT2D eigenvalue weighted by atomic mass is 35.5. The van der Waals surface area contributed by atoms with E-state index in [9.17, 15) is 13.6 Å². The van der Waals surface area contributed by atoms with Crippen LogP contribution in [0.15, 0.2) is 48.5 Å². The number of carbonyl (C=O) groups excluding carboxylic acids is 1. The van der Waals surface area contributed by atoms with Crippen molar-refractivity contribution in [3.8, 4) is 16.9 Å². The molecule has 0 saturated heterocycles. The Kier molecular flexibility index (Phi) is 3.73. The molecule has 0 bridgehead atoms. The van der Waals surface area contributed by atoms with E-state index in [0.29, 0.717) is 17.5 Å². The highest BCUT2D eigenvalue weighted by Crippen LogP contribution is 2.29. The average Bonchev–Trinajstić information content (AvgIpc) is 2.87. The Bertz CT molecular complexity index is 847. The molecule has 0 aliphatic heterocycles. The summed E-state index contributed by atoms with van der Waals surface area (Å²) in [6.07, 6.45) is 0.591. The molecule has 22 heavy (non-hydrogen) atoms. The number of aromatic nitrogens is 2. The summed E-state index contributed by atoms with van der Waals surface area (Å²) < 4.78 is 27.6. The van der Waals surface area contributed by atoms with Crippen molar-refractivity contribution in [3.05, 3.63) is 70.9 Å². The summed E-state index contributed by atoms with van der Waals surface area (Å²) in [5.41, 5.74) is 1.50. The number of hydrogen-bond acceptors (Lipinski definition) is 2. The SMILES string of the molecule is O=Cc1c(-c2ccccc2)nn(-c2ccc(F)c(F)c2)c1Cl. The van der Waals surface area contributed by atoms with Gasteiger partial charge >= 0.3 is 0 Å². The smallest absolute Gasteiger partial charge is 0.160 e. The molecule has 3 nitrogen and oxygen atoms in total. The molecule has 110 valence electrons. The third kappa shape index (κ3) is 2.40. The fourth-order valence-electron chi connectivity index (χ4n) is 2.11. The molecule has 3 aromatic rings. The summed E-state index contributed by atoms with van der Waals surface area (Å²) in [5, 5.41) is 4.30. The lowest BCUT2D eigenvalue weighted by atomic mass is 10.1. The van der Waals surface area contributed by atoms with Gasteiger partial charge in [-0.05, 0) is 12.1 Å². The van der Waals surface area contributed by atoms with Crippen LogP contribution in [0.2, 0.25) is 5.15 Å².